The minimum absolute atomic E-state index is 0.0767. The third-order valence-electron chi connectivity index (χ3n) is 2.67. The Kier molecular flexibility index (Phi) is 3.54. The second-order valence-corrected chi connectivity index (χ2v) is 4.59. The van der Waals surface area contributed by atoms with E-state index in [2.05, 4.69) is 4.98 Å². The Balaban J connectivity index is 2.51. The van der Waals surface area contributed by atoms with E-state index in [1.807, 2.05) is 26.8 Å². The lowest BCUT2D eigenvalue weighted by molar-refractivity contribution is 0.233. The van der Waals surface area contributed by atoms with Crippen LogP contribution in [0.5, 0.6) is 5.88 Å². The van der Waals surface area contributed by atoms with Gasteiger partial charge in [0.1, 0.15) is 0 Å². The number of benzene rings is 1. The van der Waals surface area contributed by atoms with Crippen LogP contribution in [0.4, 0.5) is 0 Å². The van der Waals surface area contributed by atoms with Crippen molar-refractivity contribution in [1.29, 1.82) is 0 Å². The first-order chi connectivity index (χ1) is 8.47. The summed E-state index contributed by atoms with van der Waals surface area (Å²) in [5.41, 5.74) is 2.25. The highest BCUT2D eigenvalue weighted by Gasteiger charge is 2.13. The zero-order chi connectivity index (χ0) is 13.3. The SMILES string of the molecule is Cc1cc(OC(C)C)nc2ccc(B(O)O)cc12. The van der Waals surface area contributed by atoms with E-state index in [0.29, 0.717) is 11.3 Å². The molecule has 1 aromatic heterocycles. The Bertz CT molecular complexity index is 569. The van der Waals surface area contributed by atoms with Crippen molar-refractivity contribution in [3.8, 4) is 5.88 Å². The van der Waals surface area contributed by atoms with Gasteiger partial charge in [-0.25, -0.2) is 4.98 Å². The number of rotatable bonds is 3. The van der Waals surface area contributed by atoms with Crippen LogP contribution in [0.1, 0.15) is 19.4 Å². The summed E-state index contributed by atoms with van der Waals surface area (Å²) in [4.78, 5) is 4.39. The average Bonchev–Trinajstić information content (AvgIpc) is 2.27. The van der Waals surface area contributed by atoms with Gasteiger partial charge in [0.25, 0.3) is 0 Å². The van der Waals surface area contributed by atoms with E-state index in [1.54, 1.807) is 18.2 Å². The molecule has 0 bridgehead atoms. The summed E-state index contributed by atoms with van der Waals surface area (Å²) in [5.74, 6) is 0.590. The van der Waals surface area contributed by atoms with Crippen LogP contribution in [0.3, 0.4) is 0 Å². The van der Waals surface area contributed by atoms with Crippen molar-refractivity contribution in [1.82, 2.24) is 4.98 Å². The first-order valence-corrected chi connectivity index (χ1v) is 5.91. The molecule has 4 nitrogen and oxygen atoms in total. The Morgan fingerprint density at radius 1 is 1.22 bits per heavy atom. The van der Waals surface area contributed by atoms with Crippen LogP contribution in [0.15, 0.2) is 24.3 Å². The molecule has 2 N–H and O–H groups in total. The molecule has 0 radical (unpaired) electrons. The van der Waals surface area contributed by atoms with Gasteiger partial charge in [-0.15, -0.1) is 0 Å². The molecule has 0 spiro atoms. The average molecular weight is 245 g/mol. The van der Waals surface area contributed by atoms with E-state index < -0.39 is 7.12 Å². The fraction of sp³-hybridized carbons (Fsp3) is 0.308. The molecule has 1 heterocycles. The molecule has 2 aromatic rings. The second kappa shape index (κ2) is 4.96. The molecule has 18 heavy (non-hydrogen) atoms. The quantitative estimate of drug-likeness (QED) is 0.792. The molecule has 0 saturated heterocycles. The van der Waals surface area contributed by atoms with Crippen molar-refractivity contribution in [3.05, 3.63) is 29.8 Å². The van der Waals surface area contributed by atoms with E-state index in [0.717, 1.165) is 16.5 Å². The van der Waals surface area contributed by atoms with Crippen LogP contribution in [0.25, 0.3) is 10.9 Å². The van der Waals surface area contributed by atoms with Crippen molar-refractivity contribution >= 4 is 23.5 Å². The molecule has 0 saturated carbocycles. The molecule has 0 aliphatic carbocycles. The summed E-state index contributed by atoms with van der Waals surface area (Å²) in [6.07, 6.45) is 0.0767. The highest BCUT2D eigenvalue weighted by Crippen LogP contribution is 2.21. The van der Waals surface area contributed by atoms with Gasteiger partial charge in [-0.05, 0) is 37.9 Å². The van der Waals surface area contributed by atoms with Crippen molar-refractivity contribution in [3.63, 3.8) is 0 Å². The molecule has 0 atom stereocenters. The number of fused-ring (bicyclic) bond motifs is 1. The Morgan fingerprint density at radius 3 is 2.56 bits per heavy atom. The normalized spacial score (nSPS) is 11.0. The number of hydrogen-bond donors (Lipinski definition) is 2. The van der Waals surface area contributed by atoms with Crippen LogP contribution < -0.4 is 10.2 Å². The summed E-state index contributed by atoms with van der Waals surface area (Å²) in [7, 11) is -1.46. The van der Waals surface area contributed by atoms with E-state index >= 15 is 0 Å². The first kappa shape index (κ1) is 12.9. The van der Waals surface area contributed by atoms with Gasteiger partial charge in [0, 0.05) is 11.5 Å². The topological polar surface area (TPSA) is 62.6 Å². The summed E-state index contributed by atoms with van der Waals surface area (Å²) in [6, 6.07) is 7.01. The molecular weight excluding hydrogens is 229 g/mol. The fourth-order valence-corrected chi connectivity index (χ4v) is 1.84. The van der Waals surface area contributed by atoms with E-state index in [9.17, 15) is 0 Å². The Morgan fingerprint density at radius 2 is 1.94 bits per heavy atom. The second-order valence-electron chi connectivity index (χ2n) is 4.59. The summed E-state index contributed by atoms with van der Waals surface area (Å²) in [5, 5.41) is 19.2. The van der Waals surface area contributed by atoms with E-state index in [4.69, 9.17) is 14.8 Å². The molecule has 0 aliphatic heterocycles. The van der Waals surface area contributed by atoms with Gasteiger partial charge < -0.3 is 14.8 Å². The van der Waals surface area contributed by atoms with Gasteiger partial charge in [-0.1, -0.05) is 12.1 Å². The largest absolute Gasteiger partial charge is 0.488 e. The number of aryl methyl sites for hydroxylation is 1. The van der Waals surface area contributed by atoms with Crippen LogP contribution >= 0.6 is 0 Å². The predicted octanol–water partition coefficient (Wildman–Crippen LogP) is 1.01. The highest BCUT2D eigenvalue weighted by molar-refractivity contribution is 6.58. The zero-order valence-electron chi connectivity index (χ0n) is 10.7. The van der Waals surface area contributed by atoms with Gasteiger partial charge in [-0.3, -0.25) is 0 Å². The van der Waals surface area contributed by atoms with Crippen molar-refractivity contribution < 1.29 is 14.8 Å². The molecule has 0 fully saturated rings. The number of nitrogens with zero attached hydrogens (tertiary/aromatic N) is 1. The third kappa shape index (κ3) is 2.63. The highest BCUT2D eigenvalue weighted by atomic mass is 16.5. The van der Waals surface area contributed by atoms with Gasteiger partial charge in [-0.2, -0.15) is 0 Å². The van der Waals surface area contributed by atoms with Crippen LogP contribution in [0.2, 0.25) is 0 Å². The van der Waals surface area contributed by atoms with Crippen molar-refractivity contribution in [2.45, 2.75) is 26.9 Å². The van der Waals surface area contributed by atoms with Crippen molar-refractivity contribution in [2.75, 3.05) is 0 Å². The lowest BCUT2D eigenvalue weighted by atomic mass is 9.79. The van der Waals surface area contributed by atoms with Gasteiger partial charge in [0.05, 0.1) is 11.6 Å². The standard InChI is InChI=1S/C13H16BNO3/c1-8(2)18-13-6-9(3)11-7-10(14(16)17)4-5-12(11)15-13/h4-8,16-17H,1-3H3. The predicted molar refractivity (Wildman–Crippen MR) is 72.1 cm³/mol. The lowest BCUT2D eigenvalue weighted by Crippen LogP contribution is -2.29. The molecule has 5 heteroatoms. The van der Waals surface area contributed by atoms with E-state index in [-0.39, 0.29) is 6.10 Å². The monoisotopic (exact) mass is 245 g/mol. The minimum Gasteiger partial charge on any atom is -0.475 e. The first-order valence-electron chi connectivity index (χ1n) is 5.91. The summed E-state index contributed by atoms with van der Waals surface area (Å²) in [6.45, 7) is 5.85. The number of ether oxygens (including phenoxy) is 1. The maximum Gasteiger partial charge on any atom is 0.488 e. The molecule has 0 unspecified atom stereocenters. The molecule has 1 aromatic carbocycles. The van der Waals surface area contributed by atoms with Crippen LogP contribution in [-0.2, 0) is 0 Å². The van der Waals surface area contributed by atoms with Crippen LogP contribution in [-0.4, -0.2) is 28.3 Å². The molecule has 0 amide bonds. The summed E-state index contributed by atoms with van der Waals surface area (Å²) < 4.78 is 5.57. The summed E-state index contributed by atoms with van der Waals surface area (Å²) >= 11 is 0. The van der Waals surface area contributed by atoms with Gasteiger partial charge in [0.2, 0.25) is 5.88 Å². The molecule has 94 valence electrons. The third-order valence-corrected chi connectivity index (χ3v) is 2.67. The Hall–Kier alpha value is -1.59. The fourth-order valence-electron chi connectivity index (χ4n) is 1.84. The molecular formula is C13H16BNO3. The minimum atomic E-state index is -1.46. The number of aromatic nitrogens is 1. The van der Waals surface area contributed by atoms with Gasteiger partial charge >= 0.3 is 7.12 Å². The smallest absolute Gasteiger partial charge is 0.475 e. The maximum absolute atomic E-state index is 9.16. The molecule has 0 aliphatic rings. The van der Waals surface area contributed by atoms with Crippen molar-refractivity contribution in [2.24, 2.45) is 0 Å². The number of hydrogen-bond acceptors (Lipinski definition) is 4. The van der Waals surface area contributed by atoms with E-state index in [1.165, 1.54) is 0 Å². The lowest BCUT2D eigenvalue weighted by Gasteiger charge is -2.11. The van der Waals surface area contributed by atoms with Crippen LogP contribution in [0, 0.1) is 6.92 Å². The Labute approximate surface area is 106 Å². The maximum atomic E-state index is 9.16. The molecule has 2 rings (SSSR count). The number of pyridine rings is 1. The van der Waals surface area contributed by atoms with Gasteiger partial charge in [0.15, 0.2) is 0 Å². The zero-order valence-corrected chi connectivity index (χ0v) is 10.7.